The Labute approximate surface area is 129 Å². The van der Waals surface area contributed by atoms with Gasteiger partial charge in [-0.15, -0.1) is 0 Å². The van der Waals surface area contributed by atoms with E-state index in [-0.39, 0.29) is 12.2 Å². The minimum absolute atomic E-state index is 0.0848. The summed E-state index contributed by atoms with van der Waals surface area (Å²) in [4.78, 5) is 12.2. The molecule has 0 aliphatic rings. The van der Waals surface area contributed by atoms with Crippen LogP contribution >= 0.6 is 39.1 Å². The fourth-order valence-electron chi connectivity index (χ4n) is 1.72. The minimum Gasteiger partial charge on any atom is -0.398 e. The largest absolute Gasteiger partial charge is 0.398 e. The molecule has 0 amide bonds. The number of rotatable bonds is 3. The van der Waals surface area contributed by atoms with Gasteiger partial charge < -0.3 is 5.73 Å². The van der Waals surface area contributed by atoms with E-state index in [2.05, 4.69) is 15.9 Å². The number of benzene rings is 2. The van der Waals surface area contributed by atoms with Gasteiger partial charge in [0.1, 0.15) is 0 Å². The molecular weight excluding hydrogens is 349 g/mol. The van der Waals surface area contributed by atoms with Gasteiger partial charge >= 0.3 is 0 Å². The first kappa shape index (κ1) is 14.4. The van der Waals surface area contributed by atoms with Crippen LogP contribution in [-0.2, 0) is 6.42 Å². The highest BCUT2D eigenvalue weighted by Crippen LogP contribution is 2.24. The number of halogens is 3. The molecule has 0 aliphatic heterocycles. The molecule has 2 rings (SSSR count). The Morgan fingerprint density at radius 1 is 1.16 bits per heavy atom. The van der Waals surface area contributed by atoms with Gasteiger partial charge in [0.25, 0.3) is 0 Å². The first-order valence-electron chi connectivity index (χ1n) is 5.49. The van der Waals surface area contributed by atoms with E-state index in [4.69, 9.17) is 28.9 Å². The van der Waals surface area contributed by atoms with E-state index < -0.39 is 0 Å². The van der Waals surface area contributed by atoms with Crippen LogP contribution in [0.25, 0.3) is 0 Å². The number of anilines is 1. The highest BCUT2D eigenvalue weighted by atomic mass is 79.9. The van der Waals surface area contributed by atoms with Crippen LogP contribution in [-0.4, -0.2) is 5.78 Å². The molecule has 0 saturated carbocycles. The Morgan fingerprint density at radius 3 is 2.53 bits per heavy atom. The summed E-state index contributed by atoms with van der Waals surface area (Å²) in [6.07, 6.45) is 0.206. The van der Waals surface area contributed by atoms with Crippen LogP contribution < -0.4 is 5.73 Å². The van der Waals surface area contributed by atoms with Gasteiger partial charge in [-0.3, -0.25) is 4.79 Å². The van der Waals surface area contributed by atoms with Crippen LogP contribution in [0.15, 0.2) is 40.9 Å². The zero-order valence-electron chi connectivity index (χ0n) is 9.79. The lowest BCUT2D eigenvalue weighted by Crippen LogP contribution is -2.07. The van der Waals surface area contributed by atoms with Crippen molar-refractivity contribution < 1.29 is 4.79 Å². The average Bonchev–Trinajstić information content (AvgIpc) is 2.32. The Bertz CT molecular complexity index is 643. The van der Waals surface area contributed by atoms with E-state index in [9.17, 15) is 4.79 Å². The van der Waals surface area contributed by atoms with Gasteiger partial charge in [-0.1, -0.05) is 45.2 Å². The number of Topliss-reactive ketones (excluding diaryl/α,β-unsaturated/α-hetero) is 1. The lowest BCUT2D eigenvalue weighted by Gasteiger charge is -2.07. The predicted octanol–water partition coefficient (Wildman–Crippen LogP) is 4.76. The maximum atomic E-state index is 12.2. The summed E-state index contributed by atoms with van der Waals surface area (Å²) in [6.45, 7) is 0. The molecule has 98 valence electrons. The van der Waals surface area contributed by atoms with E-state index in [1.54, 1.807) is 24.3 Å². The first-order valence-corrected chi connectivity index (χ1v) is 7.04. The quantitative estimate of drug-likeness (QED) is 0.634. The summed E-state index contributed by atoms with van der Waals surface area (Å²) in [5.41, 5.74) is 7.40. The smallest absolute Gasteiger partial charge is 0.169 e. The number of hydrogen-bond donors (Lipinski definition) is 1. The molecule has 0 unspecified atom stereocenters. The highest BCUT2D eigenvalue weighted by Gasteiger charge is 2.13. The number of hydrogen-bond acceptors (Lipinski definition) is 2. The molecule has 0 atom stereocenters. The zero-order valence-corrected chi connectivity index (χ0v) is 12.9. The van der Waals surface area contributed by atoms with Gasteiger partial charge in [0.2, 0.25) is 0 Å². The molecule has 0 fully saturated rings. The molecule has 0 aliphatic carbocycles. The normalized spacial score (nSPS) is 10.5. The minimum atomic E-state index is -0.0848. The van der Waals surface area contributed by atoms with Crippen molar-refractivity contribution in [2.45, 2.75) is 6.42 Å². The van der Waals surface area contributed by atoms with Crippen LogP contribution in [0.4, 0.5) is 5.69 Å². The van der Waals surface area contributed by atoms with Gasteiger partial charge in [-0.2, -0.15) is 0 Å². The van der Waals surface area contributed by atoms with Crippen molar-refractivity contribution in [2.75, 3.05) is 5.73 Å². The second-order valence-corrected chi connectivity index (χ2v) is 5.83. The van der Waals surface area contributed by atoms with Gasteiger partial charge in [0, 0.05) is 32.2 Å². The summed E-state index contributed by atoms with van der Waals surface area (Å²) < 4.78 is 0.875. The number of ketones is 1. The third kappa shape index (κ3) is 3.50. The highest BCUT2D eigenvalue weighted by molar-refractivity contribution is 9.10. The summed E-state index contributed by atoms with van der Waals surface area (Å²) in [5.74, 6) is -0.0848. The third-order valence-corrected chi connectivity index (χ3v) is 3.76. The molecule has 0 aromatic heterocycles. The standard InChI is InChI=1S/C14H10BrCl2NO/c15-9-2-1-8(12(17)6-9)5-14(19)11-4-3-10(16)7-13(11)18/h1-4,6-7H,5,18H2. The average molecular weight is 359 g/mol. The van der Waals surface area contributed by atoms with Crippen LogP contribution in [0.1, 0.15) is 15.9 Å². The maximum Gasteiger partial charge on any atom is 0.169 e. The molecule has 2 aromatic carbocycles. The van der Waals surface area contributed by atoms with Crippen molar-refractivity contribution in [3.8, 4) is 0 Å². The fourth-order valence-corrected chi connectivity index (χ4v) is 2.64. The molecule has 19 heavy (non-hydrogen) atoms. The number of carbonyl (C=O) groups excluding carboxylic acids is 1. The Balaban J connectivity index is 2.25. The summed E-state index contributed by atoms with van der Waals surface area (Å²) in [6, 6.07) is 10.3. The fraction of sp³-hybridized carbons (Fsp3) is 0.0714. The van der Waals surface area contributed by atoms with Crippen molar-refractivity contribution in [2.24, 2.45) is 0 Å². The van der Waals surface area contributed by atoms with Crippen molar-refractivity contribution in [3.05, 3.63) is 62.0 Å². The van der Waals surface area contributed by atoms with Crippen LogP contribution in [0.3, 0.4) is 0 Å². The molecule has 2 aromatic rings. The van der Waals surface area contributed by atoms with E-state index in [0.717, 1.165) is 10.0 Å². The van der Waals surface area contributed by atoms with E-state index in [0.29, 0.717) is 21.3 Å². The predicted molar refractivity (Wildman–Crippen MR) is 83.1 cm³/mol. The molecule has 0 heterocycles. The summed E-state index contributed by atoms with van der Waals surface area (Å²) >= 11 is 15.2. The second kappa shape index (κ2) is 5.95. The van der Waals surface area contributed by atoms with Crippen molar-refractivity contribution in [1.82, 2.24) is 0 Å². The van der Waals surface area contributed by atoms with Crippen LogP contribution in [0.2, 0.25) is 10.0 Å². The molecule has 5 heteroatoms. The topological polar surface area (TPSA) is 43.1 Å². The lowest BCUT2D eigenvalue weighted by atomic mass is 10.0. The van der Waals surface area contributed by atoms with Gasteiger partial charge in [0.05, 0.1) is 0 Å². The monoisotopic (exact) mass is 357 g/mol. The molecule has 2 N–H and O–H groups in total. The number of nitrogen functional groups attached to an aromatic ring is 1. The Kier molecular flexibility index (Phi) is 4.50. The molecule has 0 saturated heterocycles. The number of carbonyl (C=O) groups is 1. The van der Waals surface area contributed by atoms with E-state index >= 15 is 0 Å². The Morgan fingerprint density at radius 2 is 1.89 bits per heavy atom. The summed E-state index contributed by atoms with van der Waals surface area (Å²) in [7, 11) is 0. The van der Waals surface area contributed by atoms with Crippen molar-refractivity contribution >= 4 is 50.6 Å². The SMILES string of the molecule is Nc1cc(Cl)ccc1C(=O)Cc1ccc(Br)cc1Cl. The molecule has 0 bridgehead atoms. The van der Waals surface area contributed by atoms with E-state index in [1.807, 2.05) is 12.1 Å². The molecule has 0 spiro atoms. The van der Waals surface area contributed by atoms with Crippen LogP contribution in [0.5, 0.6) is 0 Å². The van der Waals surface area contributed by atoms with Gasteiger partial charge in [-0.25, -0.2) is 0 Å². The zero-order chi connectivity index (χ0) is 14.0. The maximum absolute atomic E-state index is 12.2. The Hall–Kier alpha value is -1.03. The first-order chi connectivity index (χ1) is 8.97. The summed E-state index contributed by atoms with van der Waals surface area (Å²) in [5, 5.41) is 1.06. The molecular formula is C14H10BrCl2NO. The van der Waals surface area contributed by atoms with Crippen LogP contribution in [0, 0.1) is 0 Å². The molecule has 2 nitrogen and oxygen atoms in total. The lowest BCUT2D eigenvalue weighted by molar-refractivity contribution is 0.0994. The second-order valence-electron chi connectivity index (χ2n) is 4.07. The third-order valence-electron chi connectivity index (χ3n) is 2.68. The molecule has 0 radical (unpaired) electrons. The number of nitrogens with two attached hydrogens (primary N) is 1. The van der Waals surface area contributed by atoms with Gasteiger partial charge in [0.15, 0.2) is 5.78 Å². The van der Waals surface area contributed by atoms with Crippen molar-refractivity contribution in [1.29, 1.82) is 0 Å². The van der Waals surface area contributed by atoms with Crippen molar-refractivity contribution in [3.63, 3.8) is 0 Å². The van der Waals surface area contributed by atoms with E-state index in [1.165, 1.54) is 0 Å². The van der Waals surface area contributed by atoms with Gasteiger partial charge in [-0.05, 0) is 35.9 Å².